The zero-order valence-corrected chi connectivity index (χ0v) is 12.0. The maximum atomic E-state index is 11.6. The molecule has 0 aliphatic heterocycles. The summed E-state index contributed by atoms with van der Waals surface area (Å²) in [5, 5.41) is 2.35. The first-order valence-corrected chi connectivity index (χ1v) is 6.54. The van der Waals surface area contributed by atoms with E-state index in [4.69, 9.17) is 9.47 Å². The minimum absolute atomic E-state index is 0.136. The van der Waals surface area contributed by atoms with Gasteiger partial charge in [0.25, 0.3) is 0 Å². The van der Waals surface area contributed by atoms with E-state index < -0.39 is 18.0 Å². The van der Waals surface area contributed by atoms with Crippen molar-refractivity contribution in [3.63, 3.8) is 0 Å². The molecule has 1 amide bonds. The molecule has 0 aromatic heterocycles. The lowest BCUT2D eigenvalue weighted by Crippen LogP contribution is -2.48. The predicted octanol–water partition coefficient (Wildman–Crippen LogP) is 1.03. The minimum atomic E-state index is -1.38. The van der Waals surface area contributed by atoms with Crippen molar-refractivity contribution in [2.45, 2.75) is 46.6 Å². The van der Waals surface area contributed by atoms with Gasteiger partial charge in [-0.25, -0.2) is 9.59 Å². The van der Waals surface area contributed by atoms with E-state index in [0.29, 0.717) is 12.3 Å². The summed E-state index contributed by atoms with van der Waals surface area (Å²) in [7, 11) is 0. The maximum absolute atomic E-state index is 11.6. The first-order valence-electron chi connectivity index (χ1n) is 6.54. The van der Waals surface area contributed by atoms with Crippen LogP contribution in [0.3, 0.4) is 0 Å². The average molecular weight is 273 g/mol. The van der Waals surface area contributed by atoms with Gasteiger partial charge in [0, 0.05) is 6.42 Å². The summed E-state index contributed by atoms with van der Waals surface area (Å²) in [6.07, 6.45) is 0.942. The van der Waals surface area contributed by atoms with Crippen molar-refractivity contribution >= 4 is 17.8 Å². The Morgan fingerprint density at radius 1 is 1.00 bits per heavy atom. The number of amides is 1. The Morgan fingerprint density at radius 2 is 1.47 bits per heavy atom. The van der Waals surface area contributed by atoms with E-state index in [0.717, 1.165) is 0 Å². The normalized spacial score (nSPS) is 10.4. The number of esters is 2. The van der Waals surface area contributed by atoms with Crippen molar-refractivity contribution in [1.29, 1.82) is 0 Å². The predicted molar refractivity (Wildman–Crippen MR) is 69.3 cm³/mol. The lowest BCUT2D eigenvalue weighted by molar-refractivity contribution is -0.159. The van der Waals surface area contributed by atoms with Crippen LogP contribution in [-0.4, -0.2) is 37.1 Å². The molecule has 0 bridgehead atoms. The van der Waals surface area contributed by atoms with Gasteiger partial charge < -0.3 is 14.8 Å². The Hall–Kier alpha value is -1.59. The third-order valence-corrected chi connectivity index (χ3v) is 2.30. The fourth-order valence-corrected chi connectivity index (χ4v) is 1.32. The summed E-state index contributed by atoms with van der Waals surface area (Å²) in [5.41, 5.74) is 0. The second-order valence-corrected chi connectivity index (χ2v) is 4.44. The van der Waals surface area contributed by atoms with Gasteiger partial charge in [-0.05, 0) is 26.2 Å². The van der Waals surface area contributed by atoms with Gasteiger partial charge in [-0.3, -0.25) is 4.79 Å². The number of carbonyl (C=O) groups excluding carboxylic acids is 3. The van der Waals surface area contributed by atoms with Crippen molar-refractivity contribution in [3.05, 3.63) is 0 Å². The number of hydrogen-bond acceptors (Lipinski definition) is 5. The molecule has 0 atom stereocenters. The van der Waals surface area contributed by atoms with Crippen LogP contribution in [0.5, 0.6) is 0 Å². The van der Waals surface area contributed by atoms with Crippen molar-refractivity contribution in [1.82, 2.24) is 5.32 Å². The van der Waals surface area contributed by atoms with Gasteiger partial charge in [0.1, 0.15) is 0 Å². The van der Waals surface area contributed by atoms with Crippen molar-refractivity contribution in [3.8, 4) is 0 Å². The molecule has 0 spiro atoms. The molecule has 0 aliphatic rings. The zero-order chi connectivity index (χ0) is 14.8. The summed E-state index contributed by atoms with van der Waals surface area (Å²) in [6.45, 7) is 7.50. The first kappa shape index (κ1) is 17.4. The Labute approximate surface area is 113 Å². The van der Waals surface area contributed by atoms with Gasteiger partial charge in [-0.2, -0.15) is 0 Å². The van der Waals surface area contributed by atoms with Crippen LogP contribution >= 0.6 is 0 Å². The van der Waals surface area contributed by atoms with E-state index in [9.17, 15) is 14.4 Å². The summed E-state index contributed by atoms with van der Waals surface area (Å²) in [6, 6.07) is -1.38. The molecule has 0 heterocycles. The summed E-state index contributed by atoms with van der Waals surface area (Å²) >= 11 is 0. The first-order chi connectivity index (χ1) is 8.92. The van der Waals surface area contributed by atoms with E-state index >= 15 is 0 Å². The SMILES string of the molecule is CCOC(=O)C(NC(=O)CCC(C)C)C(=O)OCC. The molecule has 0 saturated heterocycles. The fraction of sp³-hybridized carbons (Fsp3) is 0.769. The highest BCUT2D eigenvalue weighted by Gasteiger charge is 2.30. The van der Waals surface area contributed by atoms with Crippen LogP contribution in [0.2, 0.25) is 0 Å². The highest BCUT2D eigenvalue weighted by molar-refractivity contribution is 6.02. The molecule has 0 saturated carbocycles. The highest BCUT2D eigenvalue weighted by atomic mass is 16.6. The van der Waals surface area contributed by atoms with Crippen molar-refractivity contribution in [2.24, 2.45) is 5.92 Å². The van der Waals surface area contributed by atoms with E-state index in [1.54, 1.807) is 13.8 Å². The average Bonchev–Trinajstić information content (AvgIpc) is 2.33. The molecule has 0 aromatic rings. The van der Waals surface area contributed by atoms with Gasteiger partial charge in [0.2, 0.25) is 11.9 Å². The molecule has 0 aromatic carbocycles. The molecule has 6 nitrogen and oxygen atoms in total. The van der Waals surface area contributed by atoms with Crippen LogP contribution in [0.25, 0.3) is 0 Å². The lowest BCUT2D eigenvalue weighted by atomic mass is 10.1. The Bertz CT molecular complexity index is 296. The quantitative estimate of drug-likeness (QED) is 0.527. The monoisotopic (exact) mass is 273 g/mol. The van der Waals surface area contributed by atoms with E-state index in [-0.39, 0.29) is 25.5 Å². The number of ether oxygens (including phenoxy) is 2. The Kier molecular flexibility index (Phi) is 8.57. The molecular weight excluding hydrogens is 250 g/mol. The van der Waals surface area contributed by atoms with Crippen LogP contribution in [0.15, 0.2) is 0 Å². The maximum Gasteiger partial charge on any atom is 0.340 e. The molecule has 0 unspecified atom stereocenters. The molecule has 0 rings (SSSR count). The van der Waals surface area contributed by atoms with E-state index in [2.05, 4.69) is 5.32 Å². The van der Waals surface area contributed by atoms with Crippen LogP contribution in [0, 0.1) is 5.92 Å². The number of rotatable bonds is 8. The molecule has 0 aliphatic carbocycles. The van der Waals surface area contributed by atoms with Gasteiger partial charge in [0.05, 0.1) is 13.2 Å². The number of nitrogens with one attached hydrogen (secondary N) is 1. The van der Waals surface area contributed by atoms with Crippen molar-refractivity contribution < 1.29 is 23.9 Å². The standard InChI is InChI=1S/C13H23NO5/c1-5-18-12(16)11(13(17)19-6-2)14-10(15)8-7-9(3)4/h9,11H,5-8H2,1-4H3,(H,14,15). The van der Waals surface area contributed by atoms with E-state index in [1.807, 2.05) is 13.8 Å². The van der Waals surface area contributed by atoms with Crippen LogP contribution in [0.1, 0.15) is 40.5 Å². The largest absolute Gasteiger partial charge is 0.464 e. The molecule has 110 valence electrons. The van der Waals surface area contributed by atoms with Crippen LogP contribution < -0.4 is 5.32 Å². The highest BCUT2D eigenvalue weighted by Crippen LogP contribution is 2.04. The Balaban J connectivity index is 4.53. The van der Waals surface area contributed by atoms with Gasteiger partial charge >= 0.3 is 11.9 Å². The van der Waals surface area contributed by atoms with Crippen LogP contribution in [0.4, 0.5) is 0 Å². The van der Waals surface area contributed by atoms with Crippen molar-refractivity contribution in [2.75, 3.05) is 13.2 Å². The van der Waals surface area contributed by atoms with E-state index in [1.165, 1.54) is 0 Å². The topological polar surface area (TPSA) is 81.7 Å². The van der Waals surface area contributed by atoms with Gasteiger partial charge in [0.15, 0.2) is 0 Å². The summed E-state index contributed by atoms with van der Waals surface area (Å²) in [5.74, 6) is -1.58. The zero-order valence-electron chi connectivity index (χ0n) is 12.0. The lowest BCUT2D eigenvalue weighted by Gasteiger charge is -2.16. The fourth-order valence-electron chi connectivity index (χ4n) is 1.32. The van der Waals surface area contributed by atoms with Crippen LogP contribution in [-0.2, 0) is 23.9 Å². The molecule has 0 fully saturated rings. The second kappa shape index (κ2) is 9.35. The number of hydrogen-bond donors (Lipinski definition) is 1. The third-order valence-electron chi connectivity index (χ3n) is 2.30. The smallest absolute Gasteiger partial charge is 0.340 e. The summed E-state index contributed by atoms with van der Waals surface area (Å²) in [4.78, 5) is 34.8. The third kappa shape index (κ3) is 7.43. The molecule has 1 N–H and O–H groups in total. The Morgan fingerprint density at radius 3 is 1.84 bits per heavy atom. The summed E-state index contributed by atoms with van der Waals surface area (Å²) < 4.78 is 9.49. The molecule has 6 heteroatoms. The molecule has 0 radical (unpaired) electrons. The second-order valence-electron chi connectivity index (χ2n) is 4.44. The van der Waals surface area contributed by atoms with Gasteiger partial charge in [-0.1, -0.05) is 13.8 Å². The number of carbonyl (C=O) groups is 3. The van der Waals surface area contributed by atoms with Gasteiger partial charge in [-0.15, -0.1) is 0 Å². The molecular formula is C13H23NO5. The molecule has 19 heavy (non-hydrogen) atoms. The minimum Gasteiger partial charge on any atom is -0.464 e.